The number of hydrogen-bond donors (Lipinski definition) is 1. The van der Waals surface area contributed by atoms with Crippen molar-refractivity contribution in [1.29, 1.82) is 0 Å². The van der Waals surface area contributed by atoms with E-state index < -0.39 is 0 Å². The van der Waals surface area contributed by atoms with Crippen molar-refractivity contribution in [1.82, 2.24) is 0 Å². The van der Waals surface area contributed by atoms with E-state index in [-0.39, 0.29) is 11.5 Å². The third-order valence-electron chi connectivity index (χ3n) is 4.19. The van der Waals surface area contributed by atoms with E-state index in [9.17, 15) is 9.90 Å². The molecule has 136 valence electrons. The molecule has 2 nitrogen and oxygen atoms in total. The largest absolute Gasteiger partial charge is 0.507 e. The fourth-order valence-corrected chi connectivity index (χ4v) is 2.63. The molecule has 0 saturated carbocycles. The van der Waals surface area contributed by atoms with Crippen LogP contribution in [-0.4, -0.2) is 10.9 Å². The van der Waals surface area contributed by atoms with Gasteiger partial charge in [0, 0.05) is 6.42 Å². The highest BCUT2D eigenvalue weighted by Crippen LogP contribution is 2.19. The van der Waals surface area contributed by atoms with Gasteiger partial charge < -0.3 is 5.11 Å². The first kappa shape index (κ1) is 21.0. The number of aromatic hydroxyl groups is 1. The van der Waals surface area contributed by atoms with Crippen molar-refractivity contribution < 1.29 is 9.90 Å². The maximum atomic E-state index is 12.1. The highest BCUT2D eigenvalue weighted by atomic mass is 16.3. The molecular formula is C23H32O2. The summed E-state index contributed by atoms with van der Waals surface area (Å²) in [6, 6.07) is 6.74. The van der Waals surface area contributed by atoms with Gasteiger partial charge >= 0.3 is 0 Å². The van der Waals surface area contributed by atoms with Crippen molar-refractivity contribution >= 4 is 5.78 Å². The first-order chi connectivity index (χ1) is 11.9. The molecule has 1 aromatic carbocycles. The van der Waals surface area contributed by atoms with Crippen LogP contribution in [0.3, 0.4) is 0 Å². The minimum absolute atomic E-state index is 0.00263. The molecule has 0 aliphatic rings. The number of Topliss-reactive ketones (excluding diaryl/α,β-unsaturated/α-hetero) is 1. The van der Waals surface area contributed by atoms with Crippen LogP contribution < -0.4 is 0 Å². The smallest absolute Gasteiger partial charge is 0.166 e. The lowest BCUT2D eigenvalue weighted by atomic mass is 10.0. The Kier molecular flexibility index (Phi) is 9.61. The second-order valence-corrected chi connectivity index (χ2v) is 6.94. The Balaban J connectivity index is 2.33. The Morgan fingerprint density at radius 2 is 1.36 bits per heavy atom. The van der Waals surface area contributed by atoms with E-state index in [1.165, 1.54) is 16.7 Å². The minimum Gasteiger partial charge on any atom is -0.507 e. The summed E-state index contributed by atoms with van der Waals surface area (Å²) in [5, 5.41) is 9.70. The second kappa shape index (κ2) is 11.5. The van der Waals surface area contributed by atoms with Crippen LogP contribution in [0.1, 0.15) is 76.6 Å². The molecule has 0 aliphatic carbocycles. The highest BCUT2D eigenvalue weighted by Gasteiger charge is 2.08. The van der Waals surface area contributed by atoms with Gasteiger partial charge in [-0.25, -0.2) is 0 Å². The zero-order chi connectivity index (χ0) is 18.7. The standard InChI is InChI=1S/C23H32O2/c1-18(2)10-7-11-19(3)12-8-13-20(4)14-9-17-23(25)21-15-5-6-16-22(21)24/h5-6,10,12,14-16,24H,7-9,11,13,17H2,1-4H3/b19-12+,20-14+. The fraction of sp³-hybridized carbons (Fsp3) is 0.435. The summed E-state index contributed by atoms with van der Waals surface area (Å²) in [5.41, 5.74) is 4.56. The molecule has 0 aliphatic heterocycles. The predicted octanol–water partition coefficient (Wildman–Crippen LogP) is 6.77. The van der Waals surface area contributed by atoms with Crippen molar-refractivity contribution in [2.45, 2.75) is 66.2 Å². The molecule has 0 amide bonds. The van der Waals surface area contributed by atoms with E-state index in [2.05, 4.69) is 45.9 Å². The molecule has 0 radical (unpaired) electrons. The number of rotatable bonds is 10. The van der Waals surface area contributed by atoms with Crippen LogP contribution >= 0.6 is 0 Å². The van der Waals surface area contributed by atoms with Crippen molar-refractivity contribution in [3.8, 4) is 5.75 Å². The summed E-state index contributed by atoms with van der Waals surface area (Å²) in [7, 11) is 0. The van der Waals surface area contributed by atoms with Gasteiger partial charge in [-0.05, 0) is 71.9 Å². The maximum Gasteiger partial charge on any atom is 0.166 e. The molecular weight excluding hydrogens is 308 g/mol. The topological polar surface area (TPSA) is 37.3 Å². The Hall–Kier alpha value is -2.09. The molecule has 0 atom stereocenters. The quantitative estimate of drug-likeness (QED) is 0.377. The Morgan fingerprint density at radius 1 is 0.840 bits per heavy atom. The van der Waals surface area contributed by atoms with Gasteiger partial charge in [-0.3, -0.25) is 4.79 Å². The van der Waals surface area contributed by atoms with Gasteiger partial charge in [-0.15, -0.1) is 0 Å². The van der Waals surface area contributed by atoms with Crippen molar-refractivity contribution in [3.05, 3.63) is 64.8 Å². The number of allylic oxidation sites excluding steroid dienone is 6. The number of hydrogen-bond acceptors (Lipinski definition) is 2. The molecule has 25 heavy (non-hydrogen) atoms. The third-order valence-corrected chi connectivity index (χ3v) is 4.19. The van der Waals surface area contributed by atoms with E-state index in [1.807, 2.05) is 0 Å². The van der Waals surface area contributed by atoms with Crippen molar-refractivity contribution in [3.63, 3.8) is 0 Å². The van der Waals surface area contributed by atoms with Gasteiger partial charge in [0.05, 0.1) is 5.56 Å². The van der Waals surface area contributed by atoms with Crippen LogP contribution in [-0.2, 0) is 0 Å². The van der Waals surface area contributed by atoms with Crippen LogP contribution in [0, 0.1) is 0 Å². The SMILES string of the molecule is CC(C)=CCC/C(C)=C/CC/C(C)=C/CCC(=O)c1ccccc1O. The monoisotopic (exact) mass is 340 g/mol. The summed E-state index contributed by atoms with van der Waals surface area (Å²) >= 11 is 0. The van der Waals surface area contributed by atoms with Crippen molar-refractivity contribution in [2.24, 2.45) is 0 Å². The summed E-state index contributed by atoms with van der Waals surface area (Å²) in [6.07, 6.45) is 12.2. The predicted molar refractivity (Wildman–Crippen MR) is 107 cm³/mol. The second-order valence-electron chi connectivity index (χ2n) is 6.94. The first-order valence-electron chi connectivity index (χ1n) is 9.16. The summed E-state index contributed by atoms with van der Waals surface area (Å²) in [6.45, 7) is 8.59. The molecule has 1 rings (SSSR count). The highest BCUT2D eigenvalue weighted by molar-refractivity contribution is 5.98. The van der Waals surface area contributed by atoms with E-state index in [0.717, 1.165) is 32.1 Å². The minimum atomic E-state index is -0.00263. The van der Waals surface area contributed by atoms with Gasteiger partial charge in [0.15, 0.2) is 5.78 Å². The van der Waals surface area contributed by atoms with E-state index >= 15 is 0 Å². The van der Waals surface area contributed by atoms with Crippen LogP contribution in [0.25, 0.3) is 0 Å². The molecule has 0 aromatic heterocycles. The molecule has 0 heterocycles. The third kappa shape index (κ3) is 9.09. The number of phenolic OH excluding ortho intramolecular Hbond substituents is 1. The molecule has 2 heteroatoms. The number of benzene rings is 1. The zero-order valence-corrected chi connectivity index (χ0v) is 16.1. The van der Waals surface area contributed by atoms with E-state index in [4.69, 9.17) is 0 Å². The number of ketones is 1. The first-order valence-corrected chi connectivity index (χ1v) is 9.16. The van der Waals surface area contributed by atoms with Gasteiger partial charge in [0.1, 0.15) is 5.75 Å². The lowest BCUT2D eigenvalue weighted by Crippen LogP contribution is -1.98. The molecule has 1 aromatic rings. The van der Waals surface area contributed by atoms with Gasteiger partial charge in [0.25, 0.3) is 0 Å². The van der Waals surface area contributed by atoms with E-state index in [0.29, 0.717) is 12.0 Å². The van der Waals surface area contributed by atoms with Gasteiger partial charge in [-0.2, -0.15) is 0 Å². The number of carbonyl (C=O) groups excluding carboxylic acids is 1. The summed E-state index contributed by atoms with van der Waals surface area (Å²) < 4.78 is 0. The molecule has 1 N–H and O–H groups in total. The van der Waals surface area contributed by atoms with Crippen molar-refractivity contribution in [2.75, 3.05) is 0 Å². The average molecular weight is 341 g/mol. The lowest BCUT2D eigenvalue weighted by molar-refractivity contribution is 0.0981. The average Bonchev–Trinajstić information content (AvgIpc) is 2.54. The maximum absolute atomic E-state index is 12.1. The van der Waals surface area contributed by atoms with Gasteiger partial charge in [-0.1, -0.05) is 47.1 Å². The normalized spacial score (nSPS) is 12.2. The summed E-state index contributed by atoms with van der Waals surface area (Å²) in [4.78, 5) is 12.1. The van der Waals surface area contributed by atoms with E-state index in [1.54, 1.807) is 24.3 Å². The fourth-order valence-electron chi connectivity index (χ4n) is 2.63. The molecule has 0 saturated heterocycles. The molecule has 0 fully saturated rings. The Labute approximate surface area is 153 Å². The van der Waals surface area contributed by atoms with Crippen LogP contribution in [0.4, 0.5) is 0 Å². The Bertz CT molecular complexity index is 644. The molecule has 0 bridgehead atoms. The van der Waals surface area contributed by atoms with Crippen LogP contribution in [0.2, 0.25) is 0 Å². The van der Waals surface area contributed by atoms with Crippen LogP contribution in [0.15, 0.2) is 59.2 Å². The number of carbonyl (C=O) groups is 1. The zero-order valence-electron chi connectivity index (χ0n) is 16.1. The molecule has 0 unspecified atom stereocenters. The summed E-state index contributed by atoms with van der Waals surface area (Å²) in [5.74, 6) is 0.0686. The number of phenols is 1. The van der Waals surface area contributed by atoms with Gasteiger partial charge in [0.2, 0.25) is 0 Å². The Morgan fingerprint density at radius 3 is 1.92 bits per heavy atom. The van der Waals surface area contributed by atoms with Crippen LogP contribution in [0.5, 0.6) is 5.75 Å². The lowest BCUT2D eigenvalue weighted by Gasteiger charge is -2.03. The number of para-hydroxylation sites is 1. The molecule has 0 spiro atoms.